The van der Waals surface area contributed by atoms with Crippen molar-refractivity contribution in [3.8, 4) is 5.75 Å². The molecule has 1 atom stereocenters. The van der Waals surface area contributed by atoms with Gasteiger partial charge in [-0.2, -0.15) is 0 Å². The average Bonchev–Trinajstić information content (AvgIpc) is 2.59. The van der Waals surface area contributed by atoms with Crippen molar-refractivity contribution < 1.29 is 14.7 Å². The molecule has 0 spiro atoms. The molecule has 3 heteroatoms. The summed E-state index contributed by atoms with van der Waals surface area (Å²) >= 11 is 0. The van der Waals surface area contributed by atoms with E-state index in [2.05, 4.69) is 0 Å². The van der Waals surface area contributed by atoms with Gasteiger partial charge in [0, 0.05) is 5.92 Å². The van der Waals surface area contributed by atoms with Crippen molar-refractivity contribution in [3.05, 3.63) is 29.3 Å². The number of rotatable bonds is 2. The molecule has 0 heterocycles. The Kier molecular flexibility index (Phi) is 2.08. The van der Waals surface area contributed by atoms with Crippen LogP contribution in [0.5, 0.6) is 5.75 Å². The van der Waals surface area contributed by atoms with Gasteiger partial charge in [0.05, 0.1) is 0 Å². The maximum Gasteiger partial charge on any atom is 0.198 e. The molecule has 1 unspecified atom stereocenters. The molecule has 0 aromatic heterocycles. The van der Waals surface area contributed by atoms with E-state index in [0.29, 0.717) is 19.1 Å². The summed E-state index contributed by atoms with van der Waals surface area (Å²) in [6, 6.07) is 5.07. The molecule has 0 bridgehead atoms. The maximum atomic E-state index is 11.1. The fraction of sp³-hybridized carbons (Fsp3) is 0.273. The molecule has 1 aromatic rings. The van der Waals surface area contributed by atoms with Crippen LogP contribution >= 0.6 is 0 Å². The summed E-state index contributed by atoms with van der Waals surface area (Å²) in [5, 5.41) is 9.22. The molecular formula is C11H10O3. The molecular weight excluding hydrogens is 180 g/mol. The minimum absolute atomic E-state index is 0.211. The molecule has 1 aromatic carbocycles. The lowest BCUT2D eigenvalue weighted by Crippen LogP contribution is -2.15. The van der Waals surface area contributed by atoms with Gasteiger partial charge in [-0.25, -0.2) is 0 Å². The second-order valence-corrected chi connectivity index (χ2v) is 3.58. The van der Waals surface area contributed by atoms with Crippen molar-refractivity contribution in [1.82, 2.24) is 0 Å². The van der Waals surface area contributed by atoms with E-state index in [-0.39, 0.29) is 17.5 Å². The number of hydrogen-bond acceptors (Lipinski definition) is 3. The Labute approximate surface area is 81.4 Å². The van der Waals surface area contributed by atoms with Crippen LogP contribution in [0, 0.1) is 5.92 Å². The average molecular weight is 190 g/mol. The molecule has 0 saturated carbocycles. The van der Waals surface area contributed by atoms with Gasteiger partial charge < -0.3 is 5.11 Å². The molecule has 0 radical (unpaired) electrons. The van der Waals surface area contributed by atoms with E-state index in [4.69, 9.17) is 0 Å². The van der Waals surface area contributed by atoms with E-state index >= 15 is 0 Å². The van der Waals surface area contributed by atoms with Gasteiger partial charge in [0.1, 0.15) is 5.75 Å². The molecule has 1 aliphatic carbocycles. The first-order valence-electron chi connectivity index (χ1n) is 4.50. The Hall–Kier alpha value is -1.64. The number of ketones is 1. The van der Waals surface area contributed by atoms with Gasteiger partial charge in [-0.1, -0.05) is 6.07 Å². The van der Waals surface area contributed by atoms with E-state index in [0.717, 1.165) is 11.1 Å². The van der Waals surface area contributed by atoms with Crippen molar-refractivity contribution >= 4 is 12.1 Å². The highest BCUT2D eigenvalue weighted by Crippen LogP contribution is 2.29. The number of phenols is 1. The highest BCUT2D eigenvalue weighted by atomic mass is 16.3. The standard InChI is InChI=1S/C11H10O3/c12-6-11(14)9-3-7-1-2-10(13)5-8(7)4-9/h1-2,5-6,9,13H,3-4H2. The first-order chi connectivity index (χ1) is 6.70. The predicted molar refractivity (Wildman–Crippen MR) is 50.1 cm³/mol. The first kappa shape index (κ1) is 8.94. The van der Waals surface area contributed by atoms with E-state index in [9.17, 15) is 14.7 Å². The maximum absolute atomic E-state index is 11.1. The number of carbonyl (C=O) groups excluding carboxylic acids is 2. The Morgan fingerprint density at radius 2 is 2.07 bits per heavy atom. The van der Waals surface area contributed by atoms with Crippen LogP contribution in [0.15, 0.2) is 18.2 Å². The fourth-order valence-corrected chi connectivity index (χ4v) is 1.90. The SMILES string of the molecule is O=CC(=O)C1Cc2ccc(O)cc2C1. The number of hydrogen-bond donors (Lipinski definition) is 1. The lowest BCUT2D eigenvalue weighted by Gasteiger charge is -1.99. The Balaban J connectivity index is 2.26. The second-order valence-electron chi connectivity index (χ2n) is 3.58. The Morgan fingerprint density at radius 1 is 1.36 bits per heavy atom. The number of benzene rings is 1. The van der Waals surface area contributed by atoms with Gasteiger partial charge in [-0.05, 0) is 36.1 Å². The molecule has 72 valence electrons. The molecule has 1 aliphatic rings. The second kappa shape index (κ2) is 3.25. The van der Waals surface area contributed by atoms with Crippen molar-refractivity contribution in [2.24, 2.45) is 5.92 Å². The van der Waals surface area contributed by atoms with Crippen molar-refractivity contribution in [3.63, 3.8) is 0 Å². The molecule has 0 aliphatic heterocycles. The van der Waals surface area contributed by atoms with Crippen molar-refractivity contribution in [2.75, 3.05) is 0 Å². The Bertz CT molecular complexity index is 396. The number of Topliss-reactive ketones (excluding diaryl/α,β-unsaturated/α-hetero) is 1. The van der Waals surface area contributed by atoms with Gasteiger partial charge in [0.25, 0.3) is 0 Å². The van der Waals surface area contributed by atoms with Crippen molar-refractivity contribution in [2.45, 2.75) is 12.8 Å². The quantitative estimate of drug-likeness (QED) is 0.556. The van der Waals surface area contributed by atoms with E-state index < -0.39 is 0 Å². The highest BCUT2D eigenvalue weighted by Gasteiger charge is 2.26. The molecule has 14 heavy (non-hydrogen) atoms. The summed E-state index contributed by atoms with van der Waals surface area (Å²) in [7, 11) is 0. The van der Waals surface area contributed by atoms with Crippen LogP contribution in [0.2, 0.25) is 0 Å². The van der Waals surface area contributed by atoms with Gasteiger partial charge >= 0.3 is 0 Å². The van der Waals surface area contributed by atoms with E-state index in [1.54, 1.807) is 12.1 Å². The van der Waals surface area contributed by atoms with Gasteiger partial charge in [-0.15, -0.1) is 0 Å². The smallest absolute Gasteiger partial charge is 0.198 e. The minimum atomic E-state index is -0.347. The number of carbonyl (C=O) groups is 2. The van der Waals surface area contributed by atoms with Crippen LogP contribution in [0.3, 0.4) is 0 Å². The van der Waals surface area contributed by atoms with Crippen LogP contribution < -0.4 is 0 Å². The van der Waals surface area contributed by atoms with Crippen LogP contribution in [0.25, 0.3) is 0 Å². The van der Waals surface area contributed by atoms with Crippen LogP contribution in [-0.2, 0) is 22.4 Å². The van der Waals surface area contributed by atoms with E-state index in [1.807, 2.05) is 6.07 Å². The molecule has 2 rings (SSSR count). The largest absolute Gasteiger partial charge is 0.508 e. The summed E-state index contributed by atoms with van der Waals surface area (Å²) in [6.07, 6.45) is 1.57. The predicted octanol–water partition coefficient (Wildman–Crippen LogP) is 0.875. The number of aldehydes is 1. The fourth-order valence-electron chi connectivity index (χ4n) is 1.90. The Morgan fingerprint density at radius 3 is 2.79 bits per heavy atom. The third-order valence-electron chi connectivity index (χ3n) is 2.64. The third-order valence-corrected chi connectivity index (χ3v) is 2.64. The summed E-state index contributed by atoms with van der Waals surface area (Å²) in [4.78, 5) is 21.4. The van der Waals surface area contributed by atoms with E-state index in [1.165, 1.54) is 0 Å². The molecule has 0 amide bonds. The molecule has 3 nitrogen and oxygen atoms in total. The summed E-state index contributed by atoms with van der Waals surface area (Å²) in [6.45, 7) is 0. The normalized spacial score (nSPS) is 19.0. The molecule has 0 saturated heterocycles. The third kappa shape index (κ3) is 1.41. The van der Waals surface area contributed by atoms with Gasteiger partial charge in [-0.3, -0.25) is 9.59 Å². The van der Waals surface area contributed by atoms with Crippen molar-refractivity contribution in [1.29, 1.82) is 0 Å². The zero-order valence-electron chi connectivity index (χ0n) is 7.56. The van der Waals surface area contributed by atoms with Gasteiger partial charge in [0.2, 0.25) is 0 Å². The topological polar surface area (TPSA) is 54.4 Å². The number of aromatic hydroxyl groups is 1. The summed E-state index contributed by atoms with van der Waals surface area (Å²) < 4.78 is 0. The lowest BCUT2D eigenvalue weighted by molar-refractivity contribution is -0.132. The zero-order chi connectivity index (χ0) is 10.1. The van der Waals surface area contributed by atoms with Crippen LogP contribution in [0.1, 0.15) is 11.1 Å². The lowest BCUT2D eigenvalue weighted by atomic mass is 10.0. The first-order valence-corrected chi connectivity index (χ1v) is 4.50. The summed E-state index contributed by atoms with van der Waals surface area (Å²) in [5.74, 6) is -0.354. The highest BCUT2D eigenvalue weighted by molar-refractivity contribution is 6.26. The minimum Gasteiger partial charge on any atom is -0.508 e. The zero-order valence-corrected chi connectivity index (χ0v) is 7.56. The number of phenolic OH excluding ortho intramolecular Hbond substituents is 1. The van der Waals surface area contributed by atoms with Crippen LogP contribution in [-0.4, -0.2) is 17.2 Å². The number of fused-ring (bicyclic) bond motifs is 1. The van der Waals surface area contributed by atoms with Crippen LogP contribution in [0.4, 0.5) is 0 Å². The molecule has 1 N–H and O–H groups in total. The van der Waals surface area contributed by atoms with Gasteiger partial charge in [0.15, 0.2) is 12.1 Å². The monoisotopic (exact) mass is 190 g/mol. The summed E-state index contributed by atoms with van der Waals surface area (Å²) in [5.41, 5.74) is 2.04. The molecule has 0 fully saturated rings.